The van der Waals surface area contributed by atoms with Crippen LogP contribution < -0.4 is 4.90 Å². The first kappa shape index (κ1) is 13.4. The van der Waals surface area contributed by atoms with Crippen LogP contribution in [0.5, 0.6) is 0 Å². The lowest BCUT2D eigenvalue weighted by molar-refractivity contribution is -0.158. The number of aromatic nitrogens is 1. The van der Waals surface area contributed by atoms with Crippen molar-refractivity contribution in [2.45, 2.75) is 25.3 Å². The number of aliphatic carboxylic acids is 1. The summed E-state index contributed by atoms with van der Waals surface area (Å²) in [6, 6.07) is 5.95. The van der Waals surface area contributed by atoms with E-state index in [1.165, 1.54) is 0 Å². The summed E-state index contributed by atoms with van der Waals surface area (Å²) in [7, 11) is 2.05. The summed E-state index contributed by atoms with van der Waals surface area (Å²) in [6.07, 6.45) is 4.27. The Bertz CT molecular complexity index is 493. The molecule has 5 heteroatoms. The number of likely N-dealkylation sites (tertiary alicyclic amines) is 1. The Labute approximate surface area is 119 Å². The van der Waals surface area contributed by atoms with Crippen molar-refractivity contribution in [3.63, 3.8) is 0 Å². The van der Waals surface area contributed by atoms with Crippen molar-refractivity contribution in [1.82, 2.24) is 9.88 Å². The van der Waals surface area contributed by atoms with Crippen LogP contribution in [0.1, 0.15) is 19.3 Å². The summed E-state index contributed by atoms with van der Waals surface area (Å²) in [5.41, 5.74) is -0.571. The minimum atomic E-state index is -0.630. The summed E-state index contributed by atoms with van der Waals surface area (Å²) in [4.78, 5) is 20.7. The molecular weight excluding hydrogens is 254 g/mol. The molecule has 108 valence electrons. The first-order valence-electron chi connectivity index (χ1n) is 7.23. The van der Waals surface area contributed by atoms with Gasteiger partial charge in [-0.05, 0) is 45.0 Å². The van der Waals surface area contributed by atoms with Crippen LogP contribution in [0.25, 0.3) is 0 Å². The Hall–Kier alpha value is -1.62. The van der Waals surface area contributed by atoms with E-state index in [2.05, 4.69) is 14.8 Å². The lowest BCUT2D eigenvalue weighted by Gasteiger charge is -2.52. The number of rotatable bonds is 2. The van der Waals surface area contributed by atoms with Gasteiger partial charge < -0.3 is 14.9 Å². The SMILES string of the molecule is CN1CCC[C@]2(C(=O)O)CCN(c3ccccn3)C[C@@H]12. The van der Waals surface area contributed by atoms with Crippen molar-refractivity contribution < 1.29 is 9.90 Å². The lowest BCUT2D eigenvalue weighted by atomic mass is 9.68. The monoisotopic (exact) mass is 275 g/mol. The normalized spacial score (nSPS) is 30.9. The van der Waals surface area contributed by atoms with E-state index in [1.54, 1.807) is 6.20 Å². The molecule has 2 aliphatic rings. The molecule has 1 N–H and O–H groups in total. The van der Waals surface area contributed by atoms with Crippen LogP contribution in [0.2, 0.25) is 0 Å². The Kier molecular flexibility index (Phi) is 3.38. The second kappa shape index (κ2) is 5.05. The molecule has 0 unspecified atom stereocenters. The fraction of sp³-hybridized carbons (Fsp3) is 0.600. The Morgan fingerprint density at radius 2 is 2.25 bits per heavy atom. The molecule has 20 heavy (non-hydrogen) atoms. The molecule has 0 aliphatic carbocycles. The van der Waals surface area contributed by atoms with Crippen LogP contribution in [0.3, 0.4) is 0 Å². The van der Waals surface area contributed by atoms with Crippen LogP contribution in [-0.4, -0.2) is 53.7 Å². The van der Waals surface area contributed by atoms with Gasteiger partial charge in [0, 0.05) is 25.3 Å². The van der Waals surface area contributed by atoms with Gasteiger partial charge in [0.1, 0.15) is 5.82 Å². The maximum absolute atomic E-state index is 11.8. The maximum atomic E-state index is 11.8. The second-order valence-corrected chi connectivity index (χ2v) is 5.95. The third-order valence-electron chi connectivity index (χ3n) is 4.92. The van der Waals surface area contributed by atoms with Gasteiger partial charge >= 0.3 is 5.97 Å². The highest BCUT2D eigenvalue weighted by molar-refractivity contribution is 5.76. The van der Waals surface area contributed by atoms with Gasteiger partial charge in [0.05, 0.1) is 5.41 Å². The van der Waals surface area contributed by atoms with E-state index in [0.29, 0.717) is 6.42 Å². The smallest absolute Gasteiger partial charge is 0.311 e. The first-order chi connectivity index (χ1) is 9.63. The Balaban J connectivity index is 1.86. The summed E-state index contributed by atoms with van der Waals surface area (Å²) >= 11 is 0. The average Bonchev–Trinajstić information content (AvgIpc) is 2.48. The number of carboxylic acid groups (broad SMARTS) is 1. The number of pyridine rings is 1. The molecule has 1 aromatic rings. The van der Waals surface area contributed by atoms with E-state index >= 15 is 0 Å². The maximum Gasteiger partial charge on any atom is 0.311 e. The zero-order valence-corrected chi connectivity index (χ0v) is 11.8. The minimum absolute atomic E-state index is 0.0736. The highest BCUT2D eigenvalue weighted by Crippen LogP contribution is 2.42. The predicted molar refractivity (Wildman–Crippen MR) is 76.8 cm³/mol. The number of fused-ring (bicyclic) bond motifs is 1. The number of carbonyl (C=O) groups is 1. The molecule has 2 aliphatic heterocycles. The van der Waals surface area contributed by atoms with Gasteiger partial charge in [0.15, 0.2) is 0 Å². The molecule has 0 spiro atoms. The van der Waals surface area contributed by atoms with E-state index in [9.17, 15) is 9.90 Å². The number of carboxylic acids is 1. The van der Waals surface area contributed by atoms with Gasteiger partial charge in [0.25, 0.3) is 0 Å². The van der Waals surface area contributed by atoms with Gasteiger partial charge in [0.2, 0.25) is 0 Å². The van der Waals surface area contributed by atoms with Crippen LogP contribution >= 0.6 is 0 Å². The quantitative estimate of drug-likeness (QED) is 0.885. The molecule has 2 atom stereocenters. The van der Waals surface area contributed by atoms with E-state index in [-0.39, 0.29) is 6.04 Å². The topological polar surface area (TPSA) is 56.7 Å². The van der Waals surface area contributed by atoms with Gasteiger partial charge in [-0.2, -0.15) is 0 Å². The molecule has 0 bridgehead atoms. The molecule has 0 aromatic carbocycles. The van der Waals surface area contributed by atoms with Gasteiger partial charge in [-0.15, -0.1) is 0 Å². The van der Waals surface area contributed by atoms with E-state index in [4.69, 9.17) is 0 Å². The molecule has 3 heterocycles. The van der Waals surface area contributed by atoms with Crippen molar-refractivity contribution in [3.05, 3.63) is 24.4 Å². The van der Waals surface area contributed by atoms with E-state index < -0.39 is 11.4 Å². The van der Waals surface area contributed by atoms with E-state index in [0.717, 1.165) is 38.3 Å². The van der Waals surface area contributed by atoms with Crippen LogP contribution in [-0.2, 0) is 4.79 Å². The molecule has 5 nitrogen and oxygen atoms in total. The van der Waals surface area contributed by atoms with Crippen LogP contribution in [0.4, 0.5) is 5.82 Å². The highest BCUT2D eigenvalue weighted by Gasteiger charge is 2.52. The molecule has 2 saturated heterocycles. The molecule has 0 radical (unpaired) electrons. The summed E-state index contributed by atoms with van der Waals surface area (Å²) in [6.45, 7) is 2.50. The van der Waals surface area contributed by atoms with Crippen molar-refractivity contribution in [1.29, 1.82) is 0 Å². The van der Waals surface area contributed by atoms with E-state index in [1.807, 2.05) is 25.2 Å². The molecule has 0 amide bonds. The number of likely N-dealkylation sites (N-methyl/N-ethyl adjacent to an activating group) is 1. The third-order valence-corrected chi connectivity index (χ3v) is 4.92. The predicted octanol–water partition coefficient (Wildman–Crippen LogP) is 1.46. The molecule has 1 aromatic heterocycles. The fourth-order valence-corrected chi connectivity index (χ4v) is 3.73. The zero-order chi connectivity index (χ0) is 14.2. The fourth-order valence-electron chi connectivity index (χ4n) is 3.73. The molecule has 0 saturated carbocycles. The molecular formula is C15H21N3O2. The average molecular weight is 275 g/mol. The molecule has 2 fully saturated rings. The van der Waals surface area contributed by atoms with Gasteiger partial charge in [-0.1, -0.05) is 6.07 Å². The lowest BCUT2D eigenvalue weighted by Crippen LogP contribution is -2.63. The number of anilines is 1. The summed E-state index contributed by atoms with van der Waals surface area (Å²) in [5.74, 6) is 0.320. The Morgan fingerprint density at radius 1 is 1.40 bits per heavy atom. The van der Waals surface area contributed by atoms with Crippen molar-refractivity contribution in [2.24, 2.45) is 5.41 Å². The first-order valence-corrected chi connectivity index (χ1v) is 7.23. The molecule has 3 rings (SSSR count). The number of hydrogen-bond acceptors (Lipinski definition) is 4. The van der Waals surface area contributed by atoms with Crippen molar-refractivity contribution >= 4 is 11.8 Å². The van der Waals surface area contributed by atoms with Crippen molar-refractivity contribution in [2.75, 3.05) is 31.6 Å². The largest absolute Gasteiger partial charge is 0.481 e. The Morgan fingerprint density at radius 3 is 2.95 bits per heavy atom. The van der Waals surface area contributed by atoms with Crippen molar-refractivity contribution in [3.8, 4) is 0 Å². The standard InChI is InChI=1S/C15H21N3O2/c1-17-9-4-6-15(14(19)20)7-10-18(11-12(15)17)13-5-2-3-8-16-13/h2-3,5,8,12H,4,6-7,9-11H2,1H3,(H,19,20)/t12-,15+/m1/s1. The second-order valence-electron chi connectivity index (χ2n) is 5.95. The van der Waals surface area contributed by atoms with Gasteiger partial charge in [-0.25, -0.2) is 4.98 Å². The zero-order valence-electron chi connectivity index (χ0n) is 11.8. The third kappa shape index (κ3) is 2.06. The minimum Gasteiger partial charge on any atom is -0.481 e. The summed E-state index contributed by atoms with van der Waals surface area (Å²) in [5, 5.41) is 9.74. The summed E-state index contributed by atoms with van der Waals surface area (Å²) < 4.78 is 0. The highest BCUT2D eigenvalue weighted by atomic mass is 16.4. The van der Waals surface area contributed by atoms with Crippen LogP contribution in [0, 0.1) is 5.41 Å². The number of piperidine rings is 2. The van der Waals surface area contributed by atoms with Crippen LogP contribution in [0.15, 0.2) is 24.4 Å². The number of nitrogens with zero attached hydrogens (tertiary/aromatic N) is 3. The van der Waals surface area contributed by atoms with Gasteiger partial charge in [-0.3, -0.25) is 4.79 Å². The number of hydrogen-bond donors (Lipinski definition) is 1.